The van der Waals surface area contributed by atoms with Gasteiger partial charge in [-0.2, -0.15) is 9.61 Å². The lowest BCUT2D eigenvalue weighted by Crippen LogP contribution is -2.49. The summed E-state index contributed by atoms with van der Waals surface area (Å²) in [5, 5.41) is 5.23. The van der Waals surface area contributed by atoms with Crippen LogP contribution in [-0.4, -0.2) is 58.7 Å². The van der Waals surface area contributed by atoms with Crippen LogP contribution < -0.4 is 15.2 Å². The first-order chi connectivity index (χ1) is 16.0. The van der Waals surface area contributed by atoms with Crippen LogP contribution in [0.25, 0.3) is 15.5 Å². The molecule has 0 spiro atoms. The van der Waals surface area contributed by atoms with Gasteiger partial charge >= 0.3 is 0 Å². The third-order valence-electron chi connectivity index (χ3n) is 5.72. The number of piperazine rings is 1. The van der Waals surface area contributed by atoms with Gasteiger partial charge in [-0.1, -0.05) is 35.1 Å². The van der Waals surface area contributed by atoms with Gasteiger partial charge in [-0.25, -0.2) is 4.98 Å². The number of rotatable bonds is 4. The molecule has 2 aromatic carbocycles. The molecule has 1 amide bonds. The zero-order valence-corrected chi connectivity index (χ0v) is 19.2. The minimum Gasteiger partial charge on any atom is -0.497 e. The second-order valence-electron chi connectivity index (χ2n) is 7.93. The van der Waals surface area contributed by atoms with Crippen LogP contribution in [0.15, 0.2) is 59.4 Å². The van der Waals surface area contributed by atoms with Crippen molar-refractivity contribution in [1.29, 1.82) is 0 Å². The topological polar surface area (TPSA) is 80.0 Å². The summed E-state index contributed by atoms with van der Waals surface area (Å²) in [7, 11) is 1.60. The van der Waals surface area contributed by atoms with Gasteiger partial charge in [0.15, 0.2) is 0 Å². The van der Waals surface area contributed by atoms with Crippen LogP contribution in [0.4, 0.5) is 5.82 Å². The Balaban J connectivity index is 1.33. The van der Waals surface area contributed by atoms with Crippen LogP contribution in [0.1, 0.15) is 15.9 Å². The lowest BCUT2D eigenvalue weighted by molar-refractivity contribution is 0.0746. The fourth-order valence-electron chi connectivity index (χ4n) is 3.91. The van der Waals surface area contributed by atoms with Crippen molar-refractivity contribution in [3.8, 4) is 16.3 Å². The number of hydrogen-bond donors (Lipinski definition) is 0. The van der Waals surface area contributed by atoms with Gasteiger partial charge in [0.2, 0.25) is 4.96 Å². The number of ether oxygens (including phenoxy) is 1. The van der Waals surface area contributed by atoms with E-state index in [2.05, 4.69) is 5.10 Å². The van der Waals surface area contributed by atoms with Gasteiger partial charge in [0.25, 0.3) is 11.5 Å². The summed E-state index contributed by atoms with van der Waals surface area (Å²) < 4.78 is 6.52. The van der Waals surface area contributed by atoms with Crippen molar-refractivity contribution in [3.05, 3.63) is 76.1 Å². The molecule has 0 N–H and O–H groups in total. The van der Waals surface area contributed by atoms with Gasteiger partial charge in [-0.3, -0.25) is 9.59 Å². The molecular formula is C24H23N5O3S. The number of amides is 1. The molecule has 0 atom stereocenters. The Hall–Kier alpha value is -3.72. The Morgan fingerprint density at radius 2 is 1.79 bits per heavy atom. The Labute approximate surface area is 194 Å². The molecule has 1 fully saturated rings. The number of fused-ring (bicyclic) bond motifs is 1. The zero-order valence-electron chi connectivity index (χ0n) is 18.4. The number of methoxy groups -OCH3 is 1. The minimum atomic E-state index is -0.207. The summed E-state index contributed by atoms with van der Waals surface area (Å²) in [6.45, 7) is 4.35. The van der Waals surface area contributed by atoms with E-state index in [4.69, 9.17) is 9.72 Å². The van der Waals surface area contributed by atoms with E-state index in [1.165, 1.54) is 21.9 Å². The van der Waals surface area contributed by atoms with Gasteiger partial charge in [-0.05, 0) is 37.3 Å². The molecule has 1 aliphatic rings. The molecule has 0 radical (unpaired) electrons. The molecule has 3 heterocycles. The standard InChI is InChI=1S/C24H23N5O3S/c1-16-4-3-5-18(14-16)22-26-29-21(30)15-20(25-24(29)33-22)27-10-12-28(13-11-27)23(31)17-6-8-19(32-2)9-7-17/h3-9,14-15H,10-13H2,1-2H3. The third kappa shape index (κ3) is 4.19. The van der Waals surface area contributed by atoms with E-state index in [1.54, 1.807) is 31.4 Å². The van der Waals surface area contributed by atoms with E-state index in [9.17, 15) is 9.59 Å². The van der Waals surface area contributed by atoms with E-state index < -0.39 is 0 Å². The fraction of sp³-hybridized carbons (Fsp3) is 0.250. The summed E-state index contributed by atoms with van der Waals surface area (Å²) in [6, 6.07) is 16.7. The quantitative estimate of drug-likeness (QED) is 0.465. The van der Waals surface area contributed by atoms with Gasteiger partial charge in [0.05, 0.1) is 7.11 Å². The smallest absolute Gasteiger partial charge is 0.277 e. The maximum Gasteiger partial charge on any atom is 0.277 e. The van der Waals surface area contributed by atoms with E-state index in [1.807, 2.05) is 41.0 Å². The van der Waals surface area contributed by atoms with Gasteiger partial charge in [-0.15, -0.1) is 0 Å². The van der Waals surface area contributed by atoms with Crippen molar-refractivity contribution in [3.63, 3.8) is 0 Å². The molecule has 1 aliphatic heterocycles. The van der Waals surface area contributed by atoms with Crippen LogP contribution in [-0.2, 0) is 0 Å². The molecule has 0 bridgehead atoms. The molecule has 0 saturated carbocycles. The average Bonchev–Trinajstić information content (AvgIpc) is 3.29. The number of aryl methyl sites for hydroxylation is 1. The third-order valence-corrected chi connectivity index (χ3v) is 6.68. The first kappa shape index (κ1) is 21.1. The zero-order chi connectivity index (χ0) is 22.9. The maximum absolute atomic E-state index is 12.8. The highest BCUT2D eigenvalue weighted by molar-refractivity contribution is 7.19. The Morgan fingerprint density at radius 3 is 2.48 bits per heavy atom. The van der Waals surface area contributed by atoms with Crippen LogP contribution in [0.3, 0.4) is 0 Å². The molecule has 2 aromatic heterocycles. The molecular weight excluding hydrogens is 438 g/mol. The number of carbonyl (C=O) groups excluding carboxylic acids is 1. The molecule has 0 aliphatic carbocycles. The second kappa shape index (κ2) is 8.67. The van der Waals surface area contributed by atoms with Gasteiger partial charge < -0.3 is 14.5 Å². The molecule has 33 heavy (non-hydrogen) atoms. The molecule has 4 aromatic rings. The molecule has 0 unspecified atom stereocenters. The lowest BCUT2D eigenvalue weighted by atomic mass is 10.1. The van der Waals surface area contributed by atoms with Crippen molar-refractivity contribution in [1.82, 2.24) is 19.5 Å². The molecule has 8 nitrogen and oxygen atoms in total. The summed E-state index contributed by atoms with van der Waals surface area (Å²) in [5.74, 6) is 1.33. The van der Waals surface area contributed by atoms with Gasteiger partial charge in [0, 0.05) is 43.4 Å². The predicted molar refractivity (Wildman–Crippen MR) is 128 cm³/mol. The highest BCUT2D eigenvalue weighted by Crippen LogP contribution is 2.26. The van der Waals surface area contributed by atoms with Crippen LogP contribution in [0, 0.1) is 6.92 Å². The maximum atomic E-state index is 12.8. The largest absolute Gasteiger partial charge is 0.497 e. The second-order valence-corrected chi connectivity index (χ2v) is 8.89. The lowest BCUT2D eigenvalue weighted by Gasteiger charge is -2.35. The van der Waals surface area contributed by atoms with E-state index in [0.29, 0.717) is 42.5 Å². The molecule has 9 heteroatoms. The normalized spacial score (nSPS) is 14.0. The fourth-order valence-corrected chi connectivity index (χ4v) is 4.81. The highest BCUT2D eigenvalue weighted by Gasteiger charge is 2.24. The van der Waals surface area contributed by atoms with Crippen molar-refractivity contribution < 1.29 is 9.53 Å². The van der Waals surface area contributed by atoms with Crippen molar-refractivity contribution >= 4 is 28.0 Å². The Kier molecular flexibility index (Phi) is 5.55. The van der Waals surface area contributed by atoms with Crippen molar-refractivity contribution in [2.45, 2.75) is 6.92 Å². The average molecular weight is 462 g/mol. The number of nitrogens with zero attached hydrogens (tertiary/aromatic N) is 5. The predicted octanol–water partition coefficient (Wildman–Crippen LogP) is 3.10. The number of anilines is 1. The van der Waals surface area contributed by atoms with E-state index in [-0.39, 0.29) is 11.5 Å². The minimum absolute atomic E-state index is 0.00830. The van der Waals surface area contributed by atoms with Gasteiger partial charge in [0.1, 0.15) is 16.6 Å². The molecule has 5 rings (SSSR count). The molecule has 1 saturated heterocycles. The summed E-state index contributed by atoms with van der Waals surface area (Å²) in [4.78, 5) is 34.7. The number of carbonyl (C=O) groups is 1. The number of aromatic nitrogens is 3. The van der Waals surface area contributed by atoms with Crippen LogP contribution >= 0.6 is 11.3 Å². The first-order valence-electron chi connectivity index (χ1n) is 10.7. The molecule has 168 valence electrons. The van der Waals surface area contributed by atoms with Crippen LogP contribution in [0.5, 0.6) is 5.75 Å². The number of benzene rings is 2. The SMILES string of the molecule is COc1ccc(C(=O)N2CCN(c3cc(=O)n4nc(-c5cccc(C)c5)sc4n3)CC2)cc1. The first-order valence-corrected chi connectivity index (χ1v) is 11.5. The Bertz CT molecular complexity index is 1370. The van der Waals surface area contributed by atoms with Crippen LogP contribution in [0.2, 0.25) is 0 Å². The van der Waals surface area contributed by atoms with E-state index >= 15 is 0 Å². The summed E-state index contributed by atoms with van der Waals surface area (Å²) >= 11 is 1.40. The highest BCUT2D eigenvalue weighted by atomic mass is 32.1. The Morgan fingerprint density at radius 1 is 1.03 bits per heavy atom. The summed E-state index contributed by atoms with van der Waals surface area (Å²) in [5.41, 5.74) is 2.53. The van der Waals surface area contributed by atoms with E-state index in [0.717, 1.165) is 21.9 Å². The summed E-state index contributed by atoms with van der Waals surface area (Å²) in [6.07, 6.45) is 0. The monoisotopic (exact) mass is 461 g/mol. The van der Waals surface area contributed by atoms with Crippen molar-refractivity contribution in [2.24, 2.45) is 0 Å². The number of hydrogen-bond acceptors (Lipinski definition) is 7. The van der Waals surface area contributed by atoms with Crippen molar-refractivity contribution in [2.75, 3.05) is 38.2 Å².